The highest BCUT2D eigenvalue weighted by Crippen LogP contribution is 2.34. The Labute approximate surface area is 83.1 Å². The van der Waals surface area contributed by atoms with Crippen molar-refractivity contribution in [1.82, 2.24) is 0 Å². The summed E-state index contributed by atoms with van der Waals surface area (Å²) in [6.07, 6.45) is 18.0. The summed E-state index contributed by atoms with van der Waals surface area (Å²) in [6, 6.07) is 0. The minimum Gasteiger partial charge on any atom is -0.0502 e. The minimum absolute atomic E-state index is 1.08. The Bertz CT molecular complexity index is 111. The van der Waals surface area contributed by atoms with Gasteiger partial charge in [0, 0.05) is 0 Å². The van der Waals surface area contributed by atoms with Gasteiger partial charge in [-0.05, 0) is 56.8 Å². The summed E-state index contributed by atoms with van der Waals surface area (Å²) < 4.78 is 0. The molecule has 2 aliphatic carbocycles. The first-order valence-electron chi connectivity index (χ1n) is 6.08. The molecule has 2 radical (unpaired) electrons. The van der Waals surface area contributed by atoms with Crippen molar-refractivity contribution in [1.29, 1.82) is 0 Å². The molecule has 13 heavy (non-hydrogen) atoms. The summed E-state index contributed by atoms with van der Waals surface area (Å²) in [5.41, 5.74) is 0. The molecule has 0 atom stereocenters. The summed E-state index contributed by atoms with van der Waals surface area (Å²) in [5.74, 6) is 2.15. The summed E-state index contributed by atoms with van der Waals surface area (Å²) in [4.78, 5) is 0. The smallest absolute Gasteiger partial charge is 0.0386 e. The van der Waals surface area contributed by atoms with Crippen LogP contribution in [0.5, 0.6) is 0 Å². The Morgan fingerprint density at radius 3 is 1.46 bits per heavy atom. The summed E-state index contributed by atoms with van der Waals surface area (Å²) >= 11 is 0. The Balaban J connectivity index is 1.69. The van der Waals surface area contributed by atoms with Crippen molar-refractivity contribution < 1.29 is 0 Å². The van der Waals surface area contributed by atoms with E-state index in [4.69, 9.17) is 0 Å². The van der Waals surface area contributed by atoms with Crippen LogP contribution in [0.25, 0.3) is 0 Å². The molecule has 0 spiro atoms. The van der Waals surface area contributed by atoms with Gasteiger partial charge in [0.15, 0.2) is 0 Å². The molecule has 0 amide bonds. The van der Waals surface area contributed by atoms with Crippen LogP contribution >= 0.6 is 0 Å². The first kappa shape index (κ1) is 9.55. The zero-order chi connectivity index (χ0) is 8.93. The standard InChI is InChI=1S/C13H22/c1-3-7-12(8-4-1)11-13-9-5-2-6-10-13/h1-2,12-13H,3-11H2. The third-order valence-electron chi connectivity index (χ3n) is 3.78. The number of hydrogen-bond acceptors (Lipinski definition) is 0. The molecule has 74 valence electrons. The van der Waals surface area contributed by atoms with Crippen molar-refractivity contribution in [3.63, 3.8) is 0 Å². The van der Waals surface area contributed by atoms with Crippen molar-refractivity contribution in [2.24, 2.45) is 11.8 Å². The molecule has 0 N–H and O–H groups in total. The maximum Gasteiger partial charge on any atom is -0.0386 e. The van der Waals surface area contributed by atoms with Crippen LogP contribution in [0.1, 0.15) is 57.8 Å². The van der Waals surface area contributed by atoms with E-state index in [1.54, 1.807) is 6.42 Å². The molecule has 0 heteroatoms. The predicted molar refractivity (Wildman–Crippen MR) is 57.1 cm³/mol. The maximum absolute atomic E-state index is 2.48. The van der Waals surface area contributed by atoms with Crippen LogP contribution in [0.4, 0.5) is 0 Å². The Morgan fingerprint density at radius 1 is 0.692 bits per heavy atom. The van der Waals surface area contributed by atoms with Gasteiger partial charge in [0.2, 0.25) is 0 Å². The molecule has 0 aromatic heterocycles. The van der Waals surface area contributed by atoms with Gasteiger partial charge in [-0.1, -0.05) is 25.7 Å². The molecule has 2 fully saturated rings. The predicted octanol–water partition coefficient (Wildman–Crippen LogP) is 4.17. The van der Waals surface area contributed by atoms with E-state index in [0.717, 1.165) is 11.8 Å². The van der Waals surface area contributed by atoms with Crippen LogP contribution in [0, 0.1) is 24.7 Å². The van der Waals surface area contributed by atoms with E-state index in [9.17, 15) is 0 Å². The first-order chi connectivity index (χ1) is 6.45. The van der Waals surface area contributed by atoms with Gasteiger partial charge in [-0.3, -0.25) is 0 Å². The molecule has 0 heterocycles. The fourth-order valence-corrected chi connectivity index (χ4v) is 2.93. The van der Waals surface area contributed by atoms with E-state index >= 15 is 0 Å². The van der Waals surface area contributed by atoms with Crippen molar-refractivity contribution in [2.45, 2.75) is 57.8 Å². The zero-order valence-corrected chi connectivity index (χ0v) is 8.67. The van der Waals surface area contributed by atoms with Crippen molar-refractivity contribution in [3.8, 4) is 0 Å². The molecular weight excluding hydrogens is 156 g/mol. The van der Waals surface area contributed by atoms with Gasteiger partial charge in [0.05, 0.1) is 0 Å². The molecule has 0 unspecified atom stereocenters. The lowest BCUT2D eigenvalue weighted by molar-refractivity contribution is 0.276. The molecular formula is C13H22. The highest BCUT2D eigenvalue weighted by atomic mass is 14.3. The minimum atomic E-state index is 1.08. The van der Waals surface area contributed by atoms with E-state index in [2.05, 4.69) is 12.8 Å². The van der Waals surface area contributed by atoms with E-state index in [-0.39, 0.29) is 0 Å². The fourth-order valence-electron chi connectivity index (χ4n) is 2.93. The summed E-state index contributed by atoms with van der Waals surface area (Å²) in [6.45, 7) is 0. The van der Waals surface area contributed by atoms with Gasteiger partial charge in [-0.25, -0.2) is 0 Å². The molecule has 0 nitrogen and oxygen atoms in total. The lowest BCUT2D eigenvalue weighted by Gasteiger charge is -2.28. The fraction of sp³-hybridized carbons (Fsp3) is 0.846. The van der Waals surface area contributed by atoms with Gasteiger partial charge in [0.1, 0.15) is 0 Å². The second kappa shape index (κ2) is 5.02. The van der Waals surface area contributed by atoms with Crippen LogP contribution in [0.2, 0.25) is 0 Å². The highest BCUT2D eigenvalue weighted by Gasteiger charge is 2.20. The van der Waals surface area contributed by atoms with E-state index < -0.39 is 0 Å². The molecule has 0 aliphatic heterocycles. The normalized spacial score (nSPS) is 27.7. The van der Waals surface area contributed by atoms with Crippen molar-refractivity contribution >= 4 is 0 Å². The SMILES string of the molecule is [CH]1CCC(CC2CC[CH]CC2)CC1. The average Bonchev–Trinajstić information content (AvgIpc) is 2.21. The van der Waals surface area contributed by atoms with Crippen LogP contribution in [-0.2, 0) is 0 Å². The third-order valence-corrected chi connectivity index (χ3v) is 3.78. The zero-order valence-electron chi connectivity index (χ0n) is 8.67. The Kier molecular flexibility index (Phi) is 3.69. The molecule has 0 saturated heterocycles. The van der Waals surface area contributed by atoms with Gasteiger partial charge in [-0.2, -0.15) is 0 Å². The summed E-state index contributed by atoms with van der Waals surface area (Å²) in [7, 11) is 0. The van der Waals surface area contributed by atoms with Crippen molar-refractivity contribution in [3.05, 3.63) is 12.8 Å². The van der Waals surface area contributed by atoms with Crippen LogP contribution in [-0.4, -0.2) is 0 Å². The quantitative estimate of drug-likeness (QED) is 0.595. The van der Waals surface area contributed by atoms with Crippen LogP contribution in [0.3, 0.4) is 0 Å². The lowest BCUT2D eigenvalue weighted by atomic mass is 9.78. The Morgan fingerprint density at radius 2 is 1.08 bits per heavy atom. The topological polar surface area (TPSA) is 0 Å². The van der Waals surface area contributed by atoms with Crippen LogP contribution < -0.4 is 0 Å². The molecule has 0 aromatic rings. The largest absolute Gasteiger partial charge is 0.0502 e. The molecule has 0 aromatic carbocycles. The number of rotatable bonds is 2. The van der Waals surface area contributed by atoms with E-state index in [0.29, 0.717) is 0 Å². The average molecular weight is 178 g/mol. The Hall–Kier alpha value is 0. The highest BCUT2D eigenvalue weighted by molar-refractivity contribution is 4.82. The van der Waals surface area contributed by atoms with Gasteiger partial charge >= 0.3 is 0 Å². The molecule has 0 bridgehead atoms. The van der Waals surface area contributed by atoms with Gasteiger partial charge < -0.3 is 0 Å². The summed E-state index contributed by atoms with van der Waals surface area (Å²) in [5, 5.41) is 0. The third kappa shape index (κ3) is 3.00. The van der Waals surface area contributed by atoms with Gasteiger partial charge in [-0.15, -0.1) is 0 Å². The van der Waals surface area contributed by atoms with Crippen molar-refractivity contribution in [2.75, 3.05) is 0 Å². The second-order valence-corrected chi connectivity index (χ2v) is 4.85. The van der Waals surface area contributed by atoms with Gasteiger partial charge in [0.25, 0.3) is 0 Å². The van der Waals surface area contributed by atoms with E-state index in [1.165, 1.54) is 51.4 Å². The second-order valence-electron chi connectivity index (χ2n) is 4.85. The first-order valence-corrected chi connectivity index (χ1v) is 6.08. The molecule has 2 saturated carbocycles. The molecule has 2 aliphatic rings. The molecule has 2 rings (SSSR count). The van der Waals surface area contributed by atoms with Crippen LogP contribution in [0.15, 0.2) is 0 Å². The monoisotopic (exact) mass is 178 g/mol. The lowest BCUT2D eigenvalue weighted by Crippen LogP contribution is -2.14. The van der Waals surface area contributed by atoms with E-state index in [1.807, 2.05) is 0 Å². The maximum atomic E-state index is 2.48. The number of hydrogen-bond donors (Lipinski definition) is 0.